The molecule has 2 aromatic carbocycles. The summed E-state index contributed by atoms with van der Waals surface area (Å²) in [6.45, 7) is 2.03. The maximum atomic E-state index is 12.9. The number of sulfone groups is 1. The van der Waals surface area contributed by atoms with E-state index in [9.17, 15) is 18.9 Å². The van der Waals surface area contributed by atoms with Gasteiger partial charge in [-0.15, -0.1) is 0 Å². The molecule has 4 nitrogen and oxygen atoms in total. The third-order valence-electron chi connectivity index (χ3n) is 4.66. The van der Waals surface area contributed by atoms with Crippen molar-refractivity contribution < 1.29 is 8.42 Å². The van der Waals surface area contributed by atoms with Crippen molar-refractivity contribution >= 4 is 9.84 Å². The van der Waals surface area contributed by atoms with Crippen molar-refractivity contribution in [3.05, 3.63) is 65.7 Å². The molecule has 0 spiro atoms. The lowest BCUT2D eigenvalue weighted by Crippen LogP contribution is -2.14. The fourth-order valence-corrected chi connectivity index (χ4v) is 5.45. The van der Waals surface area contributed by atoms with Crippen molar-refractivity contribution in [1.29, 1.82) is 10.5 Å². The molecular formula is C19H16N2O2S. The topological polar surface area (TPSA) is 81.7 Å². The molecule has 2 aromatic rings. The maximum absolute atomic E-state index is 12.9. The minimum Gasteiger partial charge on any atom is -0.223 e. The van der Waals surface area contributed by atoms with Crippen molar-refractivity contribution in [3.63, 3.8) is 0 Å². The Kier molecular flexibility index (Phi) is 3.91. The molecule has 0 bridgehead atoms. The highest BCUT2D eigenvalue weighted by Crippen LogP contribution is 2.63. The molecule has 1 aliphatic rings. The van der Waals surface area contributed by atoms with Crippen LogP contribution in [0.1, 0.15) is 24.0 Å². The van der Waals surface area contributed by atoms with Gasteiger partial charge in [0.25, 0.3) is 0 Å². The van der Waals surface area contributed by atoms with Gasteiger partial charge in [-0.05, 0) is 29.7 Å². The molecule has 1 saturated carbocycles. The molecule has 24 heavy (non-hydrogen) atoms. The highest BCUT2D eigenvalue weighted by molar-refractivity contribution is 7.92. The van der Waals surface area contributed by atoms with Gasteiger partial charge in [-0.2, -0.15) is 10.5 Å². The molecule has 0 saturated heterocycles. The summed E-state index contributed by atoms with van der Waals surface area (Å²) in [5.74, 6) is -0.622. The van der Waals surface area contributed by atoms with Crippen LogP contribution in [-0.2, 0) is 16.3 Å². The van der Waals surface area contributed by atoms with Gasteiger partial charge in [-0.25, -0.2) is 8.42 Å². The van der Waals surface area contributed by atoms with Gasteiger partial charge in [0.05, 0.1) is 17.0 Å². The maximum Gasteiger partial charge on any atom is 0.184 e. The Morgan fingerprint density at radius 3 is 2.08 bits per heavy atom. The van der Waals surface area contributed by atoms with Crippen LogP contribution >= 0.6 is 0 Å². The smallest absolute Gasteiger partial charge is 0.184 e. The number of nitrogens with zero attached hydrogens (tertiary/aromatic N) is 2. The first kappa shape index (κ1) is 16.2. The van der Waals surface area contributed by atoms with Crippen molar-refractivity contribution in [2.45, 2.75) is 29.4 Å². The molecule has 3 rings (SSSR count). The fourth-order valence-electron chi connectivity index (χ4n) is 3.23. The van der Waals surface area contributed by atoms with Crippen LogP contribution < -0.4 is 0 Å². The third-order valence-corrected chi connectivity index (χ3v) is 6.90. The lowest BCUT2D eigenvalue weighted by molar-refractivity contribution is 0.591. The molecule has 1 aliphatic carbocycles. The van der Waals surface area contributed by atoms with E-state index in [0.29, 0.717) is 0 Å². The molecule has 0 N–H and O–H groups in total. The zero-order valence-electron chi connectivity index (χ0n) is 13.2. The fraction of sp³-hybridized carbons (Fsp3) is 0.263. The first-order valence-electron chi connectivity index (χ1n) is 7.71. The molecule has 0 radical (unpaired) electrons. The van der Waals surface area contributed by atoms with E-state index in [2.05, 4.69) is 0 Å². The highest BCUT2D eigenvalue weighted by atomic mass is 32.2. The van der Waals surface area contributed by atoms with E-state index in [1.807, 2.05) is 43.3 Å². The Morgan fingerprint density at radius 2 is 1.58 bits per heavy atom. The van der Waals surface area contributed by atoms with Crippen LogP contribution in [0.3, 0.4) is 0 Å². The SMILES string of the molecule is CCc1ccc(C2C(S(=O)(=O)c3ccccc3)C2(C#N)C#N)cc1. The van der Waals surface area contributed by atoms with Crippen molar-refractivity contribution in [3.8, 4) is 12.1 Å². The van der Waals surface area contributed by atoms with E-state index >= 15 is 0 Å². The van der Waals surface area contributed by atoms with Crippen LogP contribution in [0.25, 0.3) is 0 Å². The average molecular weight is 336 g/mol. The van der Waals surface area contributed by atoms with E-state index in [1.54, 1.807) is 18.2 Å². The third kappa shape index (κ3) is 2.29. The van der Waals surface area contributed by atoms with Crippen LogP contribution in [0.4, 0.5) is 0 Å². The summed E-state index contributed by atoms with van der Waals surface area (Å²) in [4.78, 5) is 0.151. The largest absolute Gasteiger partial charge is 0.223 e. The summed E-state index contributed by atoms with van der Waals surface area (Å²) >= 11 is 0. The molecule has 1 fully saturated rings. The molecule has 0 amide bonds. The van der Waals surface area contributed by atoms with E-state index in [1.165, 1.54) is 12.1 Å². The second-order valence-corrected chi connectivity index (χ2v) is 8.01. The van der Waals surface area contributed by atoms with Crippen LogP contribution in [-0.4, -0.2) is 13.7 Å². The van der Waals surface area contributed by atoms with Crippen LogP contribution in [0.2, 0.25) is 0 Å². The monoisotopic (exact) mass is 336 g/mol. The Labute approximate surface area is 141 Å². The average Bonchev–Trinajstić information content (AvgIpc) is 3.33. The zero-order valence-corrected chi connectivity index (χ0v) is 14.0. The molecule has 120 valence electrons. The molecule has 2 unspecified atom stereocenters. The number of hydrogen-bond donors (Lipinski definition) is 0. The minimum atomic E-state index is -3.76. The molecule has 5 heteroatoms. The van der Waals surface area contributed by atoms with Gasteiger partial charge in [0.2, 0.25) is 0 Å². The number of rotatable bonds is 4. The second-order valence-electron chi connectivity index (χ2n) is 5.94. The predicted molar refractivity (Wildman–Crippen MR) is 89.6 cm³/mol. The summed E-state index contributed by atoms with van der Waals surface area (Å²) in [6, 6.07) is 19.4. The molecule has 0 heterocycles. The van der Waals surface area contributed by atoms with Gasteiger partial charge in [-0.3, -0.25) is 0 Å². The van der Waals surface area contributed by atoms with Crippen LogP contribution in [0.15, 0.2) is 59.5 Å². The van der Waals surface area contributed by atoms with Crippen molar-refractivity contribution in [1.82, 2.24) is 0 Å². The lowest BCUT2D eigenvalue weighted by atomic mass is 10.0. The van der Waals surface area contributed by atoms with Gasteiger partial charge in [0, 0.05) is 5.92 Å². The lowest BCUT2D eigenvalue weighted by Gasteiger charge is -2.04. The van der Waals surface area contributed by atoms with Crippen LogP contribution in [0, 0.1) is 28.1 Å². The van der Waals surface area contributed by atoms with Crippen LogP contribution in [0.5, 0.6) is 0 Å². The molecular weight excluding hydrogens is 320 g/mol. The van der Waals surface area contributed by atoms with Gasteiger partial charge in [-0.1, -0.05) is 49.4 Å². The standard InChI is InChI=1S/C19H16N2O2S/c1-2-14-8-10-15(11-9-14)17-18(19(17,12-20)13-21)24(22,23)16-6-4-3-5-7-16/h3-11,17-18H,2H2,1H3. The summed E-state index contributed by atoms with van der Waals surface area (Å²) in [7, 11) is -3.76. The summed E-state index contributed by atoms with van der Waals surface area (Å²) in [5.41, 5.74) is 0.323. The summed E-state index contributed by atoms with van der Waals surface area (Å²) in [6.07, 6.45) is 0.873. The Balaban J connectivity index is 2.07. The van der Waals surface area contributed by atoms with Gasteiger partial charge in [0.1, 0.15) is 5.25 Å². The zero-order chi connectivity index (χ0) is 17.4. The predicted octanol–water partition coefficient (Wildman–Crippen LogP) is 3.22. The van der Waals surface area contributed by atoms with Gasteiger partial charge in [0.15, 0.2) is 15.3 Å². The highest BCUT2D eigenvalue weighted by Gasteiger charge is 2.73. The Hall–Kier alpha value is -2.63. The first-order chi connectivity index (χ1) is 11.5. The Morgan fingerprint density at radius 1 is 1.00 bits per heavy atom. The number of aryl methyl sites for hydroxylation is 1. The van der Waals surface area contributed by atoms with E-state index < -0.39 is 26.4 Å². The Bertz CT molecular complexity index is 922. The van der Waals surface area contributed by atoms with Gasteiger partial charge < -0.3 is 0 Å². The van der Waals surface area contributed by atoms with Gasteiger partial charge >= 0.3 is 0 Å². The molecule has 0 aliphatic heterocycles. The second kappa shape index (κ2) is 5.78. The number of nitriles is 2. The van der Waals surface area contributed by atoms with E-state index in [-0.39, 0.29) is 4.90 Å². The summed E-state index contributed by atoms with van der Waals surface area (Å²) in [5, 5.41) is 18.0. The van der Waals surface area contributed by atoms with Crippen molar-refractivity contribution in [2.75, 3.05) is 0 Å². The van der Waals surface area contributed by atoms with E-state index in [4.69, 9.17) is 0 Å². The van der Waals surface area contributed by atoms with Crippen molar-refractivity contribution in [2.24, 2.45) is 5.41 Å². The minimum absolute atomic E-state index is 0.151. The molecule has 0 aromatic heterocycles. The first-order valence-corrected chi connectivity index (χ1v) is 9.26. The normalized spacial score (nSPS) is 21.5. The molecule has 2 atom stereocenters. The number of benzene rings is 2. The quantitative estimate of drug-likeness (QED) is 0.858. The summed E-state index contributed by atoms with van der Waals surface area (Å²) < 4.78 is 25.9. The number of hydrogen-bond acceptors (Lipinski definition) is 4. The van der Waals surface area contributed by atoms with E-state index in [0.717, 1.165) is 17.5 Å².